The van der Waals surface area contributed by atoms with Gasteiger partial charge in [0.15, 0.2) is 0 Å². The maximum absolute atomic E-state index is 5.97. The third-order valence-corrected chi connectivity index (χ3v) is 3.61. The molecule has 1 aromatic heterocycles. The molecule has 4 nitrogen and oxygen atoms in total. The SMILES string of the molecule is Nc1ccc(NCCC2CCCO2)c2ncccc12. The normalized spacial score (nSPS) is 18.8. The summed E-state index contributed by atoms with van der Waals surface area (Å²) in [6.45, 7) is 1.82. The van der Waals surface area contributed by atoms with E-state index in [9.17, 15) is 0 Å². The van der Waals surface area contributed by atoms with Crippen LogP contribution < -0.4 is 11.1 Å². The minimum Gasteiger partial charge on any atom is -0.398 e. The van der Waals surface area contributed by atoms with Gasteiger partial charge in [-0.2, -0.15) is 0 Å². The maximum Gasteiger partial charge on any atom is 0.0953 e. The zero-order valence-electron chi connectivity index (χ0n) is 10.9. The van der Waals surface area contributed by atoms with Gasteiger partial charge in [0, 0.05) is 30.4 Å². The summed E-state index contributed by atoms with van der Waals surface area (Å²) < 4.78 is 5.62. The number of benzene rings is 1. The summed E-state index contributed by atoms with van der Waals surface area (Å²) >= 11 is 0. The van der Waals surface area contributed by atoms with Crippen molar-refractivity contribution in [3.8, 4) is 0 Å². The Bertz CT molecular complexity index is 564. The average Bonchev–Trinajstić information content (AvgIpc) is 2.95. The van der Waals surface area contributed by atoms with Crippen LogP contribution in [-0.4, -0.2) is 24.2 Å². The van der Waals surface area contributed by atoms with Crippen molar-refractivity contribution in [2.75, 3.05) is 24.2 Å². The number of nitrogens with one attached hydrogen (secondary N) is 1. The van der Waals surface area contributed by atoms with Crippen LogP contribution in [0.2, 0.25) is 0 Å². The van der Waals surface area contributed by atoms with Crippen LogP contribution in [0.5, 0.6) is 0 Å². The molecule has 0 amide bonds. The van der Waals surface area contributed by atoms with Crippen LogP contribution in [0.4, 0.5) is 11.4 Å². The number of fused-ring (bicyclic) bond motifs is 1. The van der Waals surface area contributed by atoms with Crippen LogP contribution in [0.3, 0.4) is 0 Å². The van der Waals surface area contributed by atoms with Crippen LogP contribution in [0.1, 0.15) is 19.3 Å². The van der Waals surface area contributed by atoms with E-state index in [0.717, 1.165) is 41.9 Å². The van der Waals surface area contributed by atoms with Crippen molar-refractivity contribution in [3.63, 3.8) is 0 Å². The molecule has 2 aromatic rings. The highest BCUT2D eigenvalue weighted by molar-refractivity contribution is 5.98. The van der Waals surface area contributed by atoms with Crippen molar-refractivity contribution in [3.05, 3.63) is 30.5 Å². The van der Waals surface area contributed by atoms with Gasteiger partial charge in [-0.1, -0.05) is 0 Å². The molecule has 1 atom stereocenters. The standard InChI is InChI=1S/C15H19N3O/c16-13-5-6-14(15-12(13)4-1-8-18-15)17-9-7-11-3-2-10-19-11/h1,4-6,8,11,17H,2-3,7,9-10,16H2. The van der Waals surface area contributed by atoms with Crippen molar-refractivity contribution >= 4 is 22.3 Å². The quantitative estimate of drug-likeness (QED) is 0.827. The van der Waals surface area contributed by atoms with Gasteiger partial charge in [-0.3, -0.25) is 4.98 Å². The number of hydrogen-bond donors (Lipinski definition) is 2. The molecule has 100 valence electrons. The molecule has 1 fully saturated rings. The van der Waals surface area contributed by atoms with Crippen LogP contribution in [-0.2, 0) is 4.74 Å². The number of hydrogen-bond acceptors (Lipinski definition) is 4. The van der Waals surface area contributed by atoms with E-state index < -0.39 is 0 Å². The van der Waals surface area contributed by atoms with E-state index in [1.54, 1.807) is 6.20 Å². The predicted molar refractivity (Wildman–Crippen MR) is 78.2 cm³/mol. The molecule has 3 N–H and O–H groups in total. The first-order valence-electron chi connectivity index (χ1n) is 6.83. The second-order valence-electron chi connectivity index (χ2n) is 4.95. The Morgan fingerprint density at radius 3 is 3.16 bits per heavy atom. The summed E-state index contributed by atoms with van der Waals surface area (Å²) in [5, 5.41) is 4.45. The van der Waals surface area contributed by atoms with Gasteiger partial charge in [0.05, 0.1) is 17.3 Å². The molecule has 0 aliphatic carbocycles. The first-order valence-corrected chi connectivity index (χ1v) is 6.83. The molecule has 1 aliphatic rings. The van der Waals surface area contributed by atoms with E-state index >= 15 is 0 Å². The summed E-state index contributed by atoms with van der Waals surface area (Å²) in [6, 6.07) is 7.84. The summed E-state index contributed by atoms with van der Waals surface area (Å²) in [5.74, 6) is 0. The molecule has 4 heteroatoms. The Balaban J connectivity index is 1.72. The first kappa shape index (κ1) is 12.2. The topological polar surface area (TPSA) is 60.2 Å². The largest absolute Gasteiger partial charge is 0.398 e. The number of rotatable bonds is 4. The Hall–Kier alpha value is -1.81. The highest BCUT2D eigenvalue weighted by Gasteiger charge is 2.14. The van der Waals surface area contributed by atoms with Crippen LogP contribution >= 0.6 is 0 Å². The minimum atomic E-state index is 0.417. The third-order valence-electron chi connectivity index (χ3n) is 3.61. The van der Waals surface area contributed by atoms with Gasteiger partial charge in [-0.25, -0.2) is 0 Å². The van der Waals surface area contributed by atoms with E-state index in [1.165, 1.54) is 12.8 Å². The molecular weight excluding hydrogens is 238 g/mol. The van der Waals surface area contributed by atoms with Gasteiger partial charge in [0.2, 0.25) is 0 Å². The van der Waals surface area contributed by atoms with Crippen molar-refractivity contribution < 1.29 is 4.74 Å². The molecule has 1 aliphatic heterocycles. The smallest absolute Gasteiger partial charge is 0.0953 e. The maximum atomic E-state index is 5.97. The lowest BCUT2D eigenvalue weighted by atomic mass is 10.1. The second kappa shape index (κ2) is 5.45. The van der Waals surface area contributed by atoms with Crippen LogP contribution in [0.25, 0.3) is 10.9 Å². The Labute approximate surface area is 113 Å². The van der Waals surface area contributed by atoms with Gasteiger partial charge in [-0.05, 0) is 43.5 Å². The Kier molecular flexibility index (Phi) is 3.51. The number of nitrogen functional groups attached to an aromatic ring is 1. The van der Waals surface area contributed by atoms with Crippen molar-refractivity contribution in [1.29, 1.82) is 0 Å². The average molecular weight is 257 g/mol. The van der Waals surface area contributed by atoms with Gasteiger partial charge in [-0.15, -0.1) is 0 Å². The van der Waals surface area contributed by atoms with Crippen LogP contribution in [0, 0.1) is 0 Å². The lowest BCUT2D eigenvalue weighted by Gasteiger charge is -2.13. The number of aromatic nitrogens is 1. The van der Waals surface area contributed by atoms with E-state index in [-0.39, 0.29) is 0 Å². The number of ether oxygens (including phenoxy) is 1. The number of nitrogens with two attached hydrogens (primary N) is 1. The fourth-order valence-electron chi connectivity index (χ4n) is 2.58. The van der Waals surface area contributed by atoms with Gasteiger partial charge in [0.1, 0.15) is 0 Å². The van der Waals surface area contributed by atoms with Crippen molar-refractivity contribution in [2.24, 2.45) is 0 Å². The Morgan fingerprint density at radius 2 is 2.32 bits per heavy atom. The summed E-state index contributed by atoms with van der Waals surface area (Å²) in [6.07, 6.45) is 5.63. The molecule has 1 unspecified atom stereocenters. The van der Waals surface area contributed by atoms with E-state index in [4.69, 9.17) is 10.5 Å². The van der Waals surface area contributed by atoms with E-state index in [1.807, 2.05) is 24.3 Å². The highest BCUT2D eigenvalue weighted by atomic mass is 16.5. The molecule has 2 heterocycles. The number of pyridine rings is 1. The monoisotopic (exact) mass is 257 g/mol. The first-order chi connectivity index (χ1) is 9.34. The summed E-state index contributed by atoms with van der Waals surface area (Å²) in [7, 11) is 0. The van der Waals surface area contributed by atoms with Crippen molar-refractivity contribution in [2.45, 2.75) is 25.4 Å². The zero-order valence-corrected chi connectivity index (χ0v) is 10.9. The van der Waals surface area contributed by atoms with E-state index in [0.29, 0.717) is 6.10 Å². The lowest BCUT2D eigenvalue weighted by Crippen LogP contribution is -2.12. The van der Waals surface area contributed by atoms with E-state index in [2.05, 4.69) is 10.3 Å². The molecule has 0 spiro atoms. The molecular formula is C15H19N3O. The lowest BCUT2D eigenvalue weighted by molar-refractivity contribution is 0.107. The van der Waals surface area contributed by atoms with Crippen LogP contribution in [0.15, 0.2) is 30.5 Å². The third kappa shape index (κ3) is 2.63. The molecule has 0 saturated carbocycles. The molecule has 1 saturated heterocycles. The molecule has 1 aromatic carbocycles. The molecule has 19 heavy (non-hydrogen) atoms. The summed E-state index contributed by atoms with van der Waals surface area (Å²) in [5.41, 5.74) is 8.72. The fourth-order valence-corrected chi connectivity index (χ4v) is 2.58. The minimum absolute atomic E-state index is 0.417. The van der Waals surface area contributed by atoms with Gasteiger partial charge in [0.25, 0.3) is 0 Å². The molecule has 0 bridgehead atoms. The second-order valence-corrected chi connectivity index (χ2v) is 4.95. The zero-order chi connectivity index (χ0) is 13.1. The number of nitrogens with zero attached hydrogens (tertiary/aromatic N) is 1. The van der Waals surface area contributed by atoms with Crippen molar-refractivity contribution in [1.82, 2.24) is 4.98 Å². The summed E-state index contributed by atoms with van der Waals surface area (Å²) in [4.78, 5) is 4.42. The molecule has 3 rings (SSSR count). The highest BCUT2D eigenvalue weighted by Crippen LogP contribution is 2.26. The fraction of sp³-hybridized carbons (Fsp3) is 0.400. The predicted octanol–water partition coefficient (Wildman–Crippen LogP) is 2.80. The van der Waals surface area contributed by atoms with Gasteiger partial charge >= 0.3 is 0 Å². The molecule has 0 radical (unpaired) electrons. The Morgan fingerprint density at radius 1 is 1.37 bits per heavy atom. The van der Waals surface area contributed by atoms with Gasteiger partial charge < -0.3 is 15.8 Å². The number of anilines is 2.